The molecule has 18 heavy (non-hydrogen) atoms. The molecule has 1 aliphatic heterocycles. The molecule has 0 aliphatic carbocycles. The zero-order chi connectivity index (χ0) is 13.1. The van der Waals surface area contributed by atoms with Crippen LogP contribution in [0.3, 0.4) is 0 Å². The van der Waals surface area contributed by atoms with Gasteiger partial charge in [0.05, 0.1) is 17.8 Å². The molecule has 1 aliphatic rings. The Balaban J connectivity index is 2.12. The van der Waals surface area contributed by atoms with Gasteiger partial charge in [-0.15, -0.1) is 0 Å². The maximum Gasteiger partial charge on any atom is 0.240 e. The number of hydrogen-bond acceptors (Lipinski definition) is 5. The number of nitrogens with zero attached hydrogens (tertiary/aromatic N) is 3. The third-order valence-electron chi connectivity index (χ3n) is 3.33. The van der Waals surface area contributed by atoms with Crippen molar-refractivity contribution >= 4 is 21.9 Å². The quantitative estimate of drug-likeness (QED) is 0.929. The van der Waals surface area contributed by atoms with E-state index in [1.807, 2.05) is 0 Å². The van der Waals surface area contributed by atoms with Gasteiger partial charge < -0.3 is 4.74 Å². The number of piperidine rings is 1. The highest BCUT2D eigenvalue weighted by atomic mass is 79.9. The second-order valence-corrected chi connectivity index (χ2v) is 5.55. The van der Waals surface area contributed by atoms with Crippen LogP contribution in [0, 0.1) is 0 Å². The third kappa shape index (κ3) is 2.92. The number of anilines is 1. The average molecular weight is 315 g/mol. The Morgan fingerprint density at radius 3 is 2.67 bits per heavy atom. The molecule has 1 aromatic heterocycles. The number of methoxy groups -OCH3 is 1. The van der Waals surface area contributed by atoms with Gasteiger partial charge in [0.2, 0.25) is 11.8 Å². The van der Waals surface area contributed by atoms with Crippen LogP contribution in [-0.2, 0) is 0 Å². The minimum atomic E-state index is 0.493. The van der Waals surface area contributed by atoms with Gasteiger partial charge in [0, 0.05) is 12.1 Å². The number of aromatic nitrogens is 2. The molecule has 100 valence electrons. The van der Waals surface area contributed by atoms with Gasteiger partial charge >= 0.3 is 0 Å². The lowest BCUT2D eigenvalue weighted by Crippen LogP contribution is -2.47. The van der Waals surface area contributed by atoms with E-state index in [9.17, 15) is 0 Å². The van der Waals surface area contributed by atoms with Crippen LogP contribution in [0.15, 0.2) is 10.7 Å². The van der Waals surface area contributed by atoms with E-state index in [1.165, 1.54) is 19.3 Å². The first-order valence-corrected chi connectivity index (χ1v) is 7.02. The molecular formula is C12H19BrN4O. The van der Waals surface area contributed by atoms with E-state index >= 15 is 0 Å². The van der Waals surface area contributed by atoms with Gasteiger partial charge in [-0.3, -0.25) is 5.43 Å². The van der Waals surface area contributed by atoms with E-state index in [4.69, 9.17) is 4.74 Å². The fraction of sp³-hybridized carbons (Fsp3) is 0.667. The normalized spacial score (nSPS) is 24.9. The van der Waals surface area contributed by atoms with Gasteiger partial charge in [-0.2, -0.15) is 4.98 Å². The molecule has 1 N–H and O–H groups in total. The second kappa shape index (κ2) is 5.84. The number of ether oxygens (including phenoxy) is 1. The summed E-state index contributed by atoms with van der Waals surface area (Å²) >= 11 is 3.35. The van der Waals surface area contributed by atoms with E-state index < -0.39 is 0 Å². The number of rotatable bonds is 3. The molecule has 1 fully saturated rings. The molecule has 0 aromatic carbocycles. The lowest BCUT2D eigenvalue weighted by molar-refractivity contribution is 0.134. The molecule has 0 radical (unpaired) electrons. The smallest absolute Gasteiger partial charge is 0.240 e. The van der Waals surface area contributed by atoms with Gasteiger partial charge in [-0.05, 0) is 42.6 Å². The van der Waals surface area contributed by atoms with Crippen molar-refractivity contribution in [3.8, 4) is 5.88 Å². The third-order valence-corrected chi connectivity index (χ3v) is 3.87. The van der Waals surface area contributed by atoms with Crippen LogP contribution in [0.2, 0.25) is 0 Å². The fourth-order valence-corrected chi connectivity index (χ4v) is 2.66. The Bertz CT molecular complexity index is 405. The van der Waals surface area contributed by atoms with Gasteiger partial charge in [0.25, 0.3) is 0 Å². The molecule has 0 spiro atoms. The molecular weight excluding hydrogens is 296 g/mol. The highest BCUT2D eigenvalue weighted by Gasteiger charge is 2.25. The van der Waals surface area contributed by atoms with E-state index in [1.54, 1.807) is 13.3 Å². The summed E-state index contributed by atoms with van der Waals surface area (Å²) in [5.41, 5.74) is 3.29. The van der Waals surface area contributed by atoms with Crippen LogP contribution < -0.4 is 10.2 Å². The molecule has 0 amide bonds. The van der Waals surface area contributed by atoms with Crippen LogP contribution >= 0.6 is 15.9 Å². The summed E-state index contributed by atoms with van der Waals surface area (Å²) in [4.78, 5) is 8.58. The Kier molecular flexibility index (Phi) is 4.40. The lowest BCUT2D eigenvalue weighted by Gasteiger charge is -2.38. The average Bonchev–Trinajstić information content (AvgIpc) is 2.36. The Labute approximate surface area is 116 Å². The highest BCUT2D eigenvalue weighted by Crippen LogP contribution is 2.25. The minimum Gasteiger partial charge on any atom is -0.480 e. The predicted molar refractivity (Wildman–Crippen MR) is 74.5 cm³/mol. The molecule has 0 bridgehead atoms. The van der Waals surface area contributed by atoms with Crippen molar-refractivity contribution in [2.75, 3.05) is 12.5 Å². The summed E-state index contributed by atoms with van der Waals surface area (Å²) in [5.74, 6) is 1.13. The van der Waals surface area contributed by atoms with Crippen LogP contribution in [0.1, 0.15) is 33.1 Å². The lowest BCUT2D eigenvalue weighted by atomic mass is 10.00. The highest BCUT2D eigenvalue weighted by molar-refractivity contribution is 9.10. The first-order valence-electron chi connectivity index (χ1n) is 6.23. The number of hydrazine groups is 1. The van der Waals surface area contributed by atoms with Crippen molar-refractivity contribution in [3.63, 3.8) is 0 Å². The largest absolute Gasteiger partial charge is 0.480 e. The molecule has 6 heteroatoms. The van der Waals surface area contributed by atoms with Crippen LogP contribution in [0.5, 0.6) is 5.88 Å². The maximum atomic E-state index is 5.17. The summed E-state index contributed by atoms with van der Waals surface area (Å²) in [6.45, 7) is 4.44. The van der Waals surface area contributed by atoms with Crippen molar-refractivity contribution in [1.82, 2.24) is 15.0 Å². The summed E-state index contributed by atoms with van der Waals surface area (Å²) in [6, 6.07) is 0.985. The molecule has 1 aromatic rings. The van der Waals surface area contributed by atoms with Crippen LogP contribution in [0.4, 0.5) is 5.95 Å². The molecule has 2 heterocycles. The Morgan fingerprint density at radius 2 is 2.06 bits per heavy atom. The summed E-state index contributed by atoms with van der Waals surface area (Å²) in [6.07, 6.45) is 5.38. The molecule has 2 unspecified atom stereocenters. The first kappa shape index (κ1) is 13.5. The standard InChI is InChI=1S/C12H19BrN4O/c1-8-5-4-6-9(2)17(8)16-12-14-7-10(13)11(15-12)18-3/h7-9H,4-6H2,1-3H3,(H,14,15,16). The van der Waals surface area contributed by atoms with Crippen molar-refractivity contribution in [3.05, 3.63) is 10.7 Å². The monoisotopic (exact) mass is 314 g/mol. The van der Waals surface area contributed by atoms with Gasteiger partial charge in [-0.25, -0.2) is 9.99 Å². The Hall–Kier alpha value is -0.880. The molecule has 2 atom stereocenters. The first-order chi connectivity index (χ1) is 8.61. The number of halogens is 1. The van der Waals surface area contributed by atoms with Gasteiger partial charge in [-0.1, -0.05) is 6.42 Å². The van der Waals surface area contributed by atoms with E-state index in [0.717, 1.165) is 4.47 Å². The molecule has 2 rings (SSSR count). The summed E-state index contributed by atoms with van der Waals surface area (Å²) < 4.78 is 5.93. The predicted octanol–water partition coefficient (Wildman–Crippen LogP) is 2.84. The van der Waals surface area contributed by atoms with Gasteiger partial charge in [0.1, 0.15) is 0 Å². The number of nitrogens with one attached hydrogen (secondary N) is 1. The minimum absolute atomic E-state index is 0.493. The molecule has 5 nitrogen and oxygen atoms in total. The van der Waals surface area contributed by atoms with Crippen LogP contribution in [-0.4, -0.2) is 34.2 Å². The van der Waals surface area contributed by atoms with Crippen molar-refractivity contribution in [2.24, 2.45) is 0 Å². The van der Waals surface area contributed by atoms with Crippen molar-refractivity contribution in [1.29, 1.82) is 0 Å². The van der Waals surface area contributed by atoms with E-state index in [-0.39, 0.29) is 0 Å². The maximum absolute atomic E-state index is 5.17. The SMILES string of the molecule is COc1nc(NN2C(C)CCCC2C)ncc1Br. The Morgan fingerprint density at radius 1 is 1.39 bits per heavy atom. The molecule has 1 saturated heterocycles. The summed E-state index contributed by atoms with van der Waals surface area (Å²) in [5, 5.41) is 2.23. The number of hydrogen-bond donors (Lipinski definition) is 1. The molecule has 0 saturated carbocycles. The zero-order valence-corrected chi connectivity index (χ0v) is 12.6. The van der Waals surface area contributed by atoms with Gasteiger partial charge in [0.15, 0.2) is 0 Å². The van der Waals surface area contributed by atoms with Crippen LogP contribution in [0.25, 0.3) is 0 Å². The van der Waals surface area contributed by atoms with E-state index in [2.05, 4.69) is 50.2 Å². The topological polar surface area (TPSA) is 50.3 Å². The fourth-order valence-electron chi connectivity index (χ4n) is 2.31. The zero-order valence-electron chi connectivity index (χ0n) is 11.0. The second-order valence-electron chi connectivity index (χ2n) is 4.70. The van der Waals surface area contributed by atoms with Crippen molar-refractivity contribution in [2.45, 2.75) is 45.2 Å². The van der Waals surface area contributed by atoms with Crippen molar-refractivity contribution < 1.29 is 4.74 Å². The summed E-state index contributed by atoms with van der Waals surface area (Å²) in [7, 11) is 1.60. The van der Waals surface area contributed by atoms with E-state index in [0.29, 0.717) is 23.9 Å².